The van der Waals surface area contributed by atoms with Crippen molar-refractivity contribution >= 4 is 0 Å². The van der Waals surface area contributed by atoms with Gasteiger partial charge >= 0.3 is 0 Å². The predicted octanol–water partition coefficient (Wildman–Crippen LogP) is 4.55. The molecule has 2 aliphatic rings. The maximum atomic E-state index is 5.60. The van der Waals surface area contributed by atoms with Gasteiger partial charge in [-0.25, -0.2) is 4.68 Å². The molecule has 2 N–H and O–H groups in total. The molecule has 0 amide bonds. The number of hydrogen-bond donors (Lipinski definition) is 2. The van der Waals surface area contributed by atoms with Crippen LogP contribution in [0.15, 0.2) is 54.7 Å². The highest BCUT2D eigenvalue weighted by atomic mass is 16.7. The van der Waals surface area contributed by atoms with Crippen LogP contribution < -0.4 is 14.8 Å². The number of nitrogens with zero attached hydrogens (tertiary/aromatic N) is 3. The van der Waals surface area contributed by atoms with Crippen LogP contribution in [0.4, 0.5) is 0 Å². The molecule has 3 heterocycles. The van der Waals surface area contributed by atoms with Crippen molar-refractivity contribution in [2.75, 3.05) is 6.79 Å². The number of para-hydroxylation sites is 1. The number of benzene rings is 2. The Morgan fingerprint density at radius 2 is 1.82 bits per heavy atom. The van der Waals surface area contributed by atoms with Gasteiger partial charge in [-0.2, -0.15) is 10.2 Å². The predicted molar refractivity (Wildman–Crippen MR) is 126 cm³/mol. The summed E-state index contributed by atoms with van der Waals surface area (Å²) in [4.78, 5) is 0. The van der Waals surface area contributed by atoms with Crippen LogP contribution in [0.3, 0.4) is 0 Å². The molecule has 0 spiro atoms. The number of hydrogen-bond acceptors (Lipinski definition) is 5. The fraction of sp³-hybridized carbons (Fsp3) is 0.308. The molecule has 6 rings (SSSR count). The van der Waals surface area contributed by atoms with Gasteiger partial charge in [0.25, 0.3) is 0 Å². The van der Waals surface area contributed by atoms with Crippen molar-refractivity contribution in [1.82, 2.24) is 25.3 Å². The summed E-state index contributed by atoms with van der Waals surface area (Å²) < 4.78 is 13.0. The van der Waals surface area contributed by atoms with Crippen molar-refractivity contribution in [3.05, 3.63) is 77.2 Å². The van der Waals surface area contributed by atoms with Crippen molar-refractivity contribution < 1.29 is 9.47 Å². The summed E-state index contributed by atoms with van der Waals surface area (Å²) in [5.41, 5.74) is 7.98. The van der Waals surface area contributed by atoms with Crippen LogP contribution in [0.25, 0.3) is 16.9 Å². The molecule has 168 valence electrons. The van der Waals surface area contributed by atoms with Crippen molar-refractivity contribution in [2.24, 2.45) is 0 Å². The van der Waals surface area contributed by atoms with Crippen LogP contribution in [0, 0.1) is 0 Å². The number of aromatic nitrogens is 4. The minimum absolute atomic E-state index is 0.264. The minimum atomic E-state index is 0.264. The van der Waals surface area contributed by atoms with E-state index >= 15 is 0 Å². The van der Waals surface area contributed by atoms with Crippen molar-refractivity contribution in [2.45, 2.75) is 45.2 Å². The Morgan fingerprint density at radius 3 is 2.76 bits per heavy atom. The lowest BCUT2D eigenvalue weighted by molar-refractivity contribution is 0.174. The Kier molecular flexibility index (Phi) is 5.32. The van der Waals surface area contributed by atoms with Gasteiger partial charge in [0.05, 0.1) is 17.1 Å². The number of H-pyrrole nitrogens is 1. The molecule has 2 aromatic carbocycles. The van der Waals surface area contributed by atoms with Gasteiger partial charge in [0, 0.05) is 36.1 Å². The number of fused-ring (bicyclic) bond motifs is 2. The lowest BCUT2D eigenvalue weighted by atomic mass is 10.1. The average Bonchev–Trinajstić information content (AvgIpc) is 3.55. The first-order valence-electron chi connectivity index (χ1n) is 11.6. The third kappa shape index (κ3) is 4.00. The van der Waals surface area contributed by atoms with Crippen LogP contribution in [0.5, 0.6) is 11.5 Å². The Morgan fingerprint density at radius 1 is 0.939 bits per heavy atom. The van der Waals surface area contributed by atoms with Crippen molar-refractivity contribution in [1.29, 1.82) is 0 Å². The molecular formula is C26H27N5O2. The molecule has 1 aliphatic heterocycles. The summed E-state index contributed by atoms with van der Waals surface area (Å²) in [5.74, 6) is 1.54. The summed E-state index contributed by atoms with van der Waals surface area (Å²) in [6.45, 7) is 1.70. The van der Waals surface area contributed by atoms with E-state index in [1.54, 1.807) is 0 Å². The van der Waals surface area contributed by atoms with Gasteiger partial charge in [-0.15, -0.1) is 0 Å². The Hall–Kier alpha value is -3.58. The molecule has 33 heavy (non-hydrogen) atoms. The van der Waals surface area contributed by atoms with Gasteiger partial charge in [0.15, 0.2) is 11.5 Å². The zero-order chi connectivity index (χ0) is 22.0. The van der Waals surface area contributed by atoms with E-state index in [0.29, 0.717) is 6.54 Å². The van der Waals surface area contributed by atoms with E-state index in [4.69, 9.17) is 14.6 Å². The van der Waals surface area contributed by atoms with Gasteiger partial charge in [-0.05, 0) is 61.6 Å². The van der Waals surface area contributed by atoms with Gasteiger partial charge in [0.1, 0.15) is 0 Å². The lowest BCUT2D eigenvalue weighted by Crippen LogP contribution is -2.14. The third-order valence-corrected chi connectivity index (χ3v) is 6.46. The van der Waals surface area contributed by atoms with Crippen LogP contribution in [-0.2, 0) is 25.9 Å². The Labute approximate surface area is 192 Å². The highest BCUT2D eigenvalue weighted by Gasteiger charge is 2.19. The normalized spacial score (nSPS) is 14.8. The van der Waals surface area contributed by atoms with E-state index in [1.165, 1.54) is 30.5 Å². The van der Waals surface area contributed by atoms with Gasteiger partial charge < -0.3 is 14.8 Å². The standard InChI is InChI=1S/C26H27N5O2/c1-3-7-20(8-4-1)31-16-19(26(30-31)18-11-12-24-25(13-18)33-17-32-24)14-27-15-23-21-9-5-2-6-10-22(21)28-29-23/h1,3-4,7-8,11-13,16,27H,2,5-6,9-10,14-15,17H2,(H,28,29). The molecule has 2 aromatic heterocycles. The maximum absolute atomic E-state index is 5.60. The molecule has 0 atom stereocenters. The topological polar surface area (TPSA) is 77.0 Å². The number of nitrogens with one attached hydrogen (secondary N) is 2. The van der Waals surface area contributed by atoms with Gasteiger partial charge in [-0.3, -0.25) is 5.10 Å². The van der Waals surface area contributed by atoms with Crippen molar-refractivity contribution in [3.63, 3.8) is 0 Å². The molecule has 1 aliphatic carbocycles. The van der Waals surface area contributed by atoms with Gasteiger partial charge in [-0.1, -0.05) is 24.6 Å². The first kappa shape index (κ1) is 20.1. The summed E-state index contributed by atoms with van der Waals surface area (Å²) in [6.07, 6.45) is 8.13. The average molecular weight is 442 g/mol. The third-order valence-electron chi connectivity index (χ3n) is 6.46. The van der Waals surface area contributed by atoms with E-state index in [1.807, 2.05) is 41.1 Å². The molecular weight excluding hydrogens is 414 g/mol. The van der Waals surface area contributed by atoms with E-state index in [9.17, 15) is 0 Å². The molecule has 0 saturated heterocycles. The quantitative estimate of drug-likeness (QED) is 0.429. The molecule has 0 fully saturated rings. The summed E-state index contributed by atoms with van der Waals surface area (Å²) in [6, 6.07) is 16.2. The maximum Gasteiger partial charge on any atom is 0.231 e. The summed E-state index contributed by atoms with van der Waals surface area (Å²) >= 11 is 0. The van der Waals surface area contributed by atoms with Crippen LogP contribution in [0.2, 0.25) is 0 Å². The minimum Gasteiger partial charge on any atom is -0.454 e. The van der Waals surface area contributed by atoms with E-state index in [2.05, 4.69) is 33.8 Å². The zero-order valence-electron chi connectivity index (χ0n) is 18.5. The smallest absolute Gasteiger partial charge is 0.231 e. The monoisotopic (exact) mass is 441 g/mol. The summed E-state index contributed by atoms with van der Waals surface area (Å²) in [5, 5.41) is 16.4. The highest BCUT2D eigenvalue weighted by molar-refractivity contribution is 5.67. The fourth-order valence-corrected chi connectivity index (χ4v) is 4.73. The molecule has 0 saturated carbocycles. The lowest BCUT2D eigenvalue weighted by Gasteiger charge is -2.06. The van der Waals surface area contributed by atoms with E-state index in [-0.39, 0.29) is 6.79 Å². The first-order chi connectivity index (χ1) is 16.3. The molecule has 0 unspecified atom stereocenters. The van der Waals surface area contributed by atoms with Crippen LogP contribution >= 0.6 is 0 Å². The number of ether oxygens (including phenoxy) is 2. The highest BCUT2D eigenvalue weighted by Crippen LogP contribution is 2.36. The number of aryl methyl sites for hydroxylation is 1. The fourth-order valence-electron chi connectivity index (χ4n) is 4.73. The molecule has 7 nitrogen and oxygen atoms in total. The van der Waals surface area contributed by atoms with Crippen LogP contribution in [-0.4, -0.2) is 26.8 Å². The zero-order valence-corrected chi connectivity index (χ0v) is 18.5. The molecule has 0 bridgehead atoms. The van der Waals surface area contributed by atoms with E-state index in [0.717, 1.165) is 59.1 Å². The second-order valence-electron chi connectivity index (χ2n) is 8.64. The number of rotatable bonds is 6. The summed E-state index contributed by atoms with van der Waals surface area (Å²) in [7, 11) is 0. The largest absolute Gasteiger partial charge is 0.454 e. The van der Waals surface area contributed by atoms with Crippen molar-refractivity contribution in [3.8, 4) is 28.4 Å². The first-order valence-corrected chi connectivity index (χ1v) is 11.6. The Bertz CT molecular complexity index is 1260. The van der Waals surface area contributed by atoms with E-state index < -0.39 is 0 Å². The van der Waals surface area contributed by atoms with Gasteiger partial charge in [0.2, 0.25) is 6.79 Å². The van der Waals surface area contributed by atoms with Crippen LogP contribution in [0.1, 0.15) is 41.8 Å². The molecule has 0 radical (unpaired) electrons. The number of aromatic amines is 1. The SMILES string of the molecule is c1ccc(-n2cc(CNCc3n[nH]c4c3CCCCC4)c(-c3ccc4c(c3)OCO4)n2)cc1. The molecule has 7 heteroatoms. The Balaban J connectivity index is 1.27. The second-order valence-corrected chi connectivity index (χ2v) is 8.64. The molecule has 4 aromatic rings. The second kappa shape index (κ2) is 8.75.